The topological polar surface area (TPSA) is 37.6 Å². The molecule has 0 bridgehead atoms. The highest BCUT2D eigenvalue weighted by Gasteiger charge is 1.99. The predicted molar refractivity (Wildman–Crippen MR) is 101 cm³/mol. The average Bonchev–Trinajstić information content (AvgIpc) is 2.61. The maximum absolute atomic E-state index is 4.60. The van der Waals surface area contributed by atoms with E-state index in [4.69, 9.17) is 0 Å². The molecule has 0 amide bonds. The van der Waals surface area contributed by atoms with Gasteiger partial charge in [0.1, 0.15) is 0 Å². The molecule has 0 radical (unpaired) electrons. The largest absolute Gasteiger partial charge is 0.255 e. The predicted octanol–water partition coefficient (Wildman–Crippen LogP) is 5.20. The van der Waals surface area contributed by atoms with Gasteiger partial charge in [-0.05, 0) is 49.2 Å². The first-order chi connectivity index (χ1) is 11.7. The fraction of sp³-hybridized carbons (Fsp3) is 0.0952. The van der Waals surface area contributed by atoms with Crippen molar-refractivity contribution < 1.29 is 0 Å². The van der Waals surface area contributed by atoms with E-state index in [0.717, 1.165) is 33.9 Å². The molecule has 0 atom stereocenters. The molecule has 3 nitrogen and oxygen atoms in total. The quantitative estimate of drug-likeness (QED) is 0.610. The Hall–Kier alpha value is -3.07. The molecule has 0 aliphatic rings. The Kier molecular flexibility index (Phi) is 4.92. The molecule has 0 aliphatic carbocycles. The van der Waals surface area contributed by atoms with Gasteiger partial charge in [-0.3, -0.25) is 9.98 Å². The summed E-state index contributed by atoms with van der Waals surface area (Å²) in [5.41, 5.74) is 5.86. The molecule has 2 aromatic carbocycles. The summed E-state index contributed by atoms with van der Waals surface area (Å²) in [7, 11) is 0. The van der Waals surface area contributed by atoms with Gasteiger partial charge in [-0.15, -0.1) is 0 Å². The standard InChI is InChI=1S/C21H19N3/c1-16-8-6-9-17(2)21(16)23-15-20-13-7-12-19(24-20)14-22-18-10-4-3-5-11-18/h3-15H,1-2H3/b22-14+,23-15+. The SMILES string of the molecule is Cc1cccc(C)c1/N=C/c1cccc(/C=N/c2ccccc2)n1. The second-order valence-electron chi connectivity index (χ2n) is 5.58. The summed E-state index contributed by atoms with van der Waals surface area (Å²) in [5, 5.41) is 0. The number of para-hydroxylation sites is 2. The molecule has 0 fully saturated rings. The number of aromatic nitrogens is 1. The zero-order valence-corrected chi connectivity index (χ0v) is 13.8. The fourth-order valence-electron chi connectivity index (χ4n) is 2.41. The van der Waals surface area contributed by atoms with Crippen LogP contribution in [0.5, 0.6) is 0 Å². The number of aryl methyl sites for hydroxylation is 2. The third kappa shape index (κ3) is 4.02. The van der Waals surface area contributed by atoms with Crippen molar-refractivity contribution in [3.8, 4) is 0 Å². The van der Waals surface area contributed by atoms with Crippen molar-refractivity contribution in [1.29, 1.82) is 0 Å². The number of aliphatic imine (C=N–C) groups is 2. The van der Waals surface area contributed by atoms with E-state index in [1.165, 1.54) is 0 Å². The van der Waals surface area contributed by atoms with Crippen molar-refractivity contribution in [2.75, 3.05) is 0 Å². The van der Waals surface area contributed by atoms with Crippen molar-refractivity contribution in [2.24, 2.45) is 9.98 Å². The second-order valence-corrected chi connectivity index (χ2v) is 5.58. The van der Waals surface area contributed by atoms with Gasteiger partial charge in [0.15, 0.2) is 0 Å². The maximum Gasteiger partial charge on any atom is 0.0820 e. The van der Waals surface area contributed by atoms with Gasteiger partial charge in [-0.2, -0.15) is 0 Å². The number of nitrogens with zero attached hydrogens (tertiary/aromatic N) is 3. The van der Waals surface area contributed by atoms with Crippen LogP contribution in [0.25, 0.3) is 0 Å². The molecule has 118 valence electrons. The number of rotatable bonds is 4. The number of benzene rings is 2. The van der Waals surface area contributed by atoms with Crippen LogP contribution in [0.3, 0.4) is 0 Å². The monoisotopic (exact) mass is 313 g/mol. The van der Waals surface area contributed by atoms with Crippen LogP contribution in [-0.2, 0) is 0 Å². The smallest absolute Gasteiger partial charge is 0.0820 e. The Morgan fingerprint density at radius 2 is 1.25 bits per heavy atom. The van der Waals surface area contributed by atoms with Crippen molar-refractivity contribution in [3.63, 3.8) is 0 Å². The molecular weight excluding hydrogens is 294 g/mol. The van der Waals surface area contributed by atoms with Crippen LogP contribution >= 0.6 is 0 Å². The number of hydrogen-bond donors (Lipinski definition) is 0. The van der Waals surface area contributed by atoms with Crippen LogP contribution in [0.4, 0.5) is 11.4 Å². The average molecular weight is 313 g/mol. The van der Waals surface area contributed by atoms with Gasteiger partial charge in [0.2, 0.25) is 0 Å². The molecule has 3 aromatic rings. The molecule has 1 aromatic heterocycles. The van der Waals surface area contributed by atoms with Crippen molar-refractivity contribution >= 4 is 23.8 Å². The highest BCUT2D eigenvalue weighted by molar-refractivity contribution is 5.84. The van der Waals surface area contributed by atoms with Gasteiger partial charge in [0.05, 0.1) is 35.2 Å². The van der Waals surface area contributed by atoms with Crippen LogP contribution in [-0.4, -0.2) is 17.4 Å². The van der Waals surface area contributed by atoms with Crippen LogP contribution in [0.15, 0.2) is 76.7 Å². The first-order valence-corrected chi connectivity index (χ1v) is 7.89. The van der Waals surface area contributed by atoms with Crippen LogP contribution in [0.1, 0.15) is 22.5 Å². The van der Waals surface area contributed by atoms with E-state index in [2.05, 4.69) is 40.9 Å². The number of hydrogen-bond acceptors (Lipinski definition) is 3. The first kappa shape index (κ1) is 15.8. The van der Waals surface area contributed by atoms with Crippen molar-refractivity contribution in [3.05, 3.63) is 89.2 Å². The summed E-state index contributed by atoms with van der Waals surface area (Å²) in [5.74, 6) is 0. The molecule has 0 saturated carbocycles. The van der Waals surface area contributed by atoms with E-state index >= 15 is 0 Å². The molecular formula is C21H19N3. The molecule has 0 unspecified atom stereocenters. The molecule has 24 heavy (non-hydrogen) atoms. The van der Waals surface area contributed by atoms with Gasteiger partial charge in [-0.1, -0.05) is 42.5 Å². The molecule has 3 rings (SSSR count). The third-order valence-electron chi connectivity index (χ3n) is 3.66. The molecule has 1 heterocycles. The molecule has 0 N–H and O–H groups in total. The maximum atomic E-state index is 4.60. The second kappa shape index (κ2) is 7.47. The fourth-order valence-corrected chi connectivity index (χ4v) is 2.41. The molecule has 0 saturated heterocycles. The van der Waals surface area contributed by atoms with Crippen LogP contribution in [0, 0.1) is 13.8 Å². The van der Waals surface area contributed by atoms with Gasteiger partial charge < -0.3 is 0 Å². The van der Waals surface area contributed by atoms with E-state index in [1.54, 1.807) is 12.4 Å². The summed E-state index contributed by atoms with van der Waals surface area (Å²) >= 11 is 0. The van der Waals surface area contributed by atoms with E-state index < -0.39 is 0 Å². The van der Waals surface area contributed by atoms with Crippen LogP contribution in [0.2, 0.25) is 0 Å². The lowest BCUT2D eigenvalue weighted by Crippen LogP contribution is -1.93. The van der Waals surface area contributed by atoms with Gasteiger partial charge in [0.25, 0.3) is 0 Å². The van der Waals surface area contributed by atoms with E-state index in [0.29, 0.717) is 0 Å². The lowest BCUT2D eigenvalue weighted by atomic mass is 10.1. The molecule has 3 heteroatoms. The highest BCUT2D eigenvalue weighted by atomic mass is 14.8. The summed E-state index contributed by atoms with van der Waals surface area (Å²) in [6, 6.07) is 21.8. The Bertz CT molecular complexity index is 860. The highest BCUT2D eigenvalue weighted by Crippen LogP contribution is 2.22. The minimum atomic E-state index is 0.810. The van der Waals surface area contributed by atoms with Crippen molar-refractivity contribution in [2.45, 2.75) is 13.8 Å². The Morgan fingerprint density at radius 1 is 0.667 bits per heavy atom. The number of pyridine rings is 1. The first-order valence-electron chi connectivity index (χ1n) is 7.89. The molecule has 0 spiro atoms. The Labute approximate surface area is 142 Å². The summed E-state index contributed by atoms with van der Waals surface area (Å²) in [6.45, 7) is 4.13. The van der Waals surface area contributed by atoms with E-state index in [-0.39, 0.29) is 0 Å². The Balaban J connectivity index is 1.81. The lowest BCUT2D eigenvalue weighted by Gasteiger charge is -2.03. The minimum Gasteiger partial charge on any atom is -0.255 e. The third-order valence-corrected chi connectivity index (χ3v) is 3.66. The minimum absolute atomic E-state index is 0.810. The van der Waals surface area contributed by atoms with Crippen LogP contribution < -0.4 is 0 Å². The van der Waals surface area contributed by atoms with Crippen molar-refractivity contribution in [1.82, 2.24) is 4.98 Å². The summed E-state index contributed by atoms with van der Waals surface area (Å²) in [4.78, 5) is 13.6. The van der Waals surface area contributed by atoms with Gasteiger partial charge >= 0.3 is 0 Å². The normalized spacial score (nSPS) is 11.4. The van der Waals surface area contributed by atoms with Gasteiger partial charge in [0, 0.05) is 0 Å². The molecule has 0 aliphatic heterocycles. The Morgan fingerprint density at radius 3 is 1.92 bits per heavy atom. The summed E-state index contributed by atoms with van der Waals surface area (Å²) < 4.78 is 0. The lowest BCUT2D eigenvalue weighted by molar-refractivity contribution is 1.27. The zero-order valence-electron chi connectivity index (χ0n) is 13.8. The van der Waals surface area contributed by atoms with Gasteiger partial charge in [-0.25, -0.2) is 4.98 Å². The van der Waals surface area contributed by atoms with E-state index in [9.17, 15) is 0 Å². The zero-order chi connectivity index (χ0) is 16.8. The summed E-state index contributed by atoms with van der Waals surface area (Å²) in [6.07, 6.45) is 3.57. The van der Waals surface area contributed by atoms with E-state index in [1.807, 2.05) is 54.6 Å².